The summed E-state index contributed by atoms with van der Waals surface area (Å²) < 4.78 is 0. The zero-order chi connectivity index (χ0) is 13.4. The van der Waals surface area contributed by atoms with E-state index >= 15 is 0 Å². The standard InChI is InChI=1S/C18H18O/c1-12-9-13(2)11-15(10-12)18(19)17-8-7-14-5-3-4-6-16(14)17/h3-6,9-11,17H,7-8H2,1-2H3. The number of rotatable bonds is 2. The van der Waals surface area contributed by atoms with Crippen LogP contribution in [0.15, 0.2) is 42.5 Å². The highest BCUT2D eigenvalue weighted by Gasteiger charge is 2.28. The molecule has 1 nitrogen and oxygen atoms in total. The first kappa shape index (κ1) is 12.2. The summed E-state index contributed by atoms with van der Waals surface area (Å²) in [5, 5.41) is 0. The van der Waals surface area contributed by atoms with Gasteiger partial charge in [-0.05, 0) is 49.9 Å². The molecule has 0 aromatic heterocycles. The fourth-order valence-electron chi connectivity index (χ4n) is 3.15. The van der Waals surface area contributed by atoms with Gasteiger partial charge in [0, 0.05) is 11.5 Å². The van der Waals surface area contributed by atoms with Crippen molar-refractivity contribution in [3.63, 3.8) is 0 Å². The third kappa shape index (κ3) is 2.21. The molecule has 0 saturated heterocycles. The Morgan fingerprint density at radius 2 is 1.74 bits per heavy atom. The second-order valence-corrected chi connectivity index (χ2v) is 5.53. The third-order valence-electron chi connectivity index (χ3n) is 3.96. The molecule has 0 amide bonds. The van der Waals surface area contributed by atoms with Crippen LogP contribution in [-0.2, 0) is 6.42 Å². The molecule has 19 heavy (non-hydrogen) atoms. The van der Waals surface area contributed by atoms with E-state index in [1.807, 2.05) is 32.0 Å². The van der Waals surface area contributed by atoms with Crippen LogP contribution in [0.25, 0.3) is 0 Å². The van der Waals surface area contributed by atoms with Gasteiger partial charge in [0.25, 0.3) is 0 Å². The van der Waals surface area contributed by atoms with Crippen LogP contribution in [-0.4, -0.2) is 5.78 Å². The molecule has 0 N–H and O–H groups in total. The quantitative estimate of drug-likeness (QED) is 0.729. The average Bonchev–Trinajstić information content (AvgIpc) is 2.80. The fraction of sp³-hybridized carbons (Fsp3) is 0.278. The van der Waals surface area contributed by atoms with Crippen LogP contribution in [0.1, 0.15) is 45.0 Å². The van der Waals surface area contributed by atoms with E-state index < -0.39 is 0 Å². The number of benzene rings is 2. The number of carbonyl (C=O) groups excluding carboxylic acids is 1. The van der Waals surface area contributed by atoms with Crippen molar-refractivity contribution in [2.45, 2.75) is 32.6 Å². The van der Waals surface area contributed by atoms with Crippen molar-refractivity contribution in [3.05, 3.63) is 70.3 Å². The second kappa shape index (κ2) is 4.65. The molecular formula is C18H18O. The van der Waals surface area contributed by atoms with Gasteiger partial charge in [-0.3, -0.25) is 4.79 Å². The number of aryl methyl sites for hydroxylation is 3. The maximum Gasteiger partial charge on any atom is 0.170 e. The first-order valence-electron chi connectivity index (χ1n) is 6.85. The highest BCUT2D eigenvalue weighted by Crippen LogP contribution is 2.35. The first-order chi connectivity index (χ1) is 9.15. The summed E-state index contributed by atoms with van der Waals surface area (Å²) in [6.45, 7) is 4.10. The Morgan fingerprint density at radius 1 is 1.05 bits per heavy atom. The molecule has 1 heteroatoms. The van der Waals surface area contributed by atoms with Gasteiger partial charge in [0.1, 0.15) is 0 Å². The SMILES string of the molecule is Cc1cc(C)cc(C(=O)C2CCc3ccccc32)c1. The van der Waals surface area contributed by atoms with Crippen LogP contribution in [0.3, 0.4) is 0 Å². The van der Waals surface area contributed by atoms with Gasteiger partial charge in [-0.25, -0.2) is 0 Å². The van der Waals surface area contributed by atoms with Gasteiger partial charge in [0.2, 0.25) is 0 Å². The monoisotopic (exact) mass is 250 g/mol. The van der Waals surface area contributed by atoms with Gasteiger partial charge in [0.15, 0.2) is 5.78 Å². The zero-order valence-corrected chi connectivity index (χ0v) is 11.4. The lowest BCUT2D eigenvalue weighted by molar-refractivity contribution is 0.0959. The van der Waals surface area contributed by atoms with E-state index in [2.05, 4.69) is 24.3 Å². The smallest absolute Gasteiger partial charge is 0.170 e. The van der Waals surface area contributed by atoms with Gasteiger partial charge in [-0.15, -0.1) is 0 Å². The molecule has 0 spiro atoms. The number of fused-ring (bicyclic) bond motifs is 1. The lowest BCUT2D eigenvalue weighted by atomic mass is 9.91. The van der Waals surface area contributed by atoms with Crippen molar-refractivity contribution in [1.29, 1.82) is 0 Å². The topological polar surface area (TPSA) is 17.1 Å². The third-order valence-corrected chi connectivity index (χ3v) is 3.96. The minimum absolute atomic E-state index is 0.0531. The minimum atomic E-state index is 0.0531. The van der Waals surface area contributed by atoms with Gasteiger partial charge >= 0.3 is 0 Å². The van der Waals surface area contributed by atoms with Crippen molar-refractivity contribution in [3.8, 4) is 0 Å². The van der Waals surface area contributed by atoms with Crippen molar-refractivity contribution in [2.24, 2.45) is 0 Å². The van der Waals surface area contributed by atoms with Gasteiger partial charge in [-0.1, -0.05) is 41.5 Å². The number of hydrogen-bond acceptors (Lipinski definition) is 1. The Morgan fingerprint density at radius 3 is 2.47 bits per heavy atom. The molecule has 0 fully saturated rings. The molecule has 1 aliphatic carbocycles. The summed E-state index contributed by atoms with van der Waals surface area (Å²) in [5.41, 5.74) is 5.75. The largest absolute Gasteiger partial charge is 0.293 e. The summed E-state index contributed by atoms with van der Waals surface area (Å²) in [7, 11) is 0. The van der Waals surface area contributed by atoms with Gasteiger partial charge in [0.05, 0.1) is 0 Å². The first-order valence-corrected chi connectivity index (χ1v) is 6.85. The van der Waals surface area contributed by atoms with E-state index in [1.165, 1.54) is 11.1 Å². The maximum atomic E-state index is 12.7. The predicted octanol–water partition coefficient (Wildman–Crippen LogP) is 4.22. The molecule has 1 aliphatic rings. The molecule has 0 saturated carbocycles. The van der Waals surface area contributed by atoms with E-state index in [9.17, 15) is 4.79 Å². The van der Waals surface area contributed by atoms with Crippen LogP contribution < -0.4 is 0 Å². The van der Waals surface area contributed by atoms with Crippen LogP contribution in [0.5, 0.6) is 0 Å². The molecule has 96 valence electrons. The minimum Gasteiger partial charge on any atom is -0.293 e. The highest BCUT2D eigenvalue weighted by molar-refractivity contribution is 6.01. The van der Waals surface area contributed by atoms with Crippen molar-refractivity contribution >= 4 is 5.78 Å². The number of hydrogen-bond donors (Lipinski definition) is 0. The zero-order valence-electron chi connectivity index (χ0n) is 11.4. The van der Waals surface area contributed by atoms with E-state index in [0.717, 1.165) is 29.5 Å². The van der Waals surface area contributed by atoms with Crippen molar-refractivity contribution < 1.29 is 4.79 Å². The second-order valence-electron chi connectivity index (χ2n) is 5.53. The predicted molar refractivity (Wildman–Crippen MR) is 77.8 cm³/mol. The normalized spacial score (nSPS) is 17.3. The Bertz CT molecular complexity index is 620. The maximum absolute atomic E-state index is 12.7. The van der Waals surface area contributed by atoms with Crippen LogP contribution in [0, 0.1) is 13.8 Å². The molecule has 1 atom stereocenters. The summed E-state index contributed by atoms with van der Waals surface area (Å²) in [6, 6.07) is 14.5. The summed E-state index contributed by atoms with van der Waals surface area (Å²) in [4.78, 5) is 12.7. The molecule has 0 bridgehead atoms. The Kier molecular flexibility index (Phi) is 2.98. The average molecular weight is 250 g/mol. The number of ketones is 1. The molecule has 1 unspecified atom stereocenters. The van der Waals surface area contributed by atoms with E-state index in [4.69, 9.17) is 0 Å². The summed E-state index contributed by atoms with van der Waals surface area (Å²) in [6.07, 6.45) is 1.97. The summed E-state index contributed by atoms with van der Waals surface area (Å²) in [5.74, 6) is 0.328. The van der Waals surface area contributed by atoms with E-state index in [0.29, 0.717) is 0 Å². The number of carbonyl (C=O) groups is 1. The van der Waals surface area contributed by atoms with Crippen LogP contribution in [0.4, 0.5) is 0 Å². The molecular weight excluding hydrogens is 232 g/mol. The Labute approximate surface area is 114 Å². The molecule has 3 rings (SSSR count). The molecule has 2 aromatic rings. The molecule has 0 heterocycles. The van der Waals surface area contributed by atoms with Crippen LogP contribution in [0.2, 0.25) is 0 Å². The van der Waals surface area contributed by atoms with Crippen molar-refractivity contribution in [1.82, 2.24) is 0 Å². The Hall–Kier alpha value is -1.89. The van der Waals surface area contributed by atoms with Gasteiger partial charge in [-0.2, -0.15) is 0 Å². The highest BCUT2D eigenvalue weighted by atomic mass is 16.1. The van der Waals surface area contributed by atoms with E-state index in [-0.39, 0.29) is 11.7 Å². The number of Topliss-reactive ketones (excluding diaryl/α,β-unsaturated/α-hetero) is 1. The van der Waals surface area contributed by atoms with Crippen molar-refractivity contribution in [2.75, 3.05) is 0 Å². The fourth-order valence-corrected chi connectivity index (χ4v) is 3.15. The summed E-state index contributed by atoms with van der Waals surface area (Å²) >= 11 is 0. The Balaban J connectivity index is 1.98. The van der Waals surface area contributed by atoms with E-state index in [1.54, 1.807) is 0 Å². The molecule has 0 radical (unpaired) electrons. The van der Waals surface area contributed by atoms with Gasteiger partial charge < -0.3 is 0 Å². The lowest BCUT2D eigenvalue weighted by Crippen LogP contribution is -2.10. The van der Waals surface area contributed by atoms with Crippen LogP contribution >= 0.6 is 0 Å². The molecule has 2 aromatic carbocycles. The lowest BCUT2D eigenvalue weighted by Gasteiger charge is -2.11. The molecule has 0 aliphatic heterocycles.